The molecule has 0 aliphatic heterocycles. The zero-order valence-electron chi connectivity index (χ0n) is 15.0. The molecule has 3 aromatic rings. The Bertz CT molecular complexity index is 949. The molecule has 0 radical (unpaired) electrons. The van der Waals surface area contributed by atoms with Gasteiger partial charge in [-0.1, -0.05) is 47.5 Å². The molecule has 0 unspecified atom stereocenters. The maximum Gasteiger partial charge on any atom is 0.176 e. The van der Waals surface area contributed by atoms with Gasteiger partial charge in [0.1, 0.15) is 0 Å². The number of nitrogens with one attached hydrogen (secondary N) is 2. The van der Waals surface area contributed by atoms with Crippen molar-refractivity contribution in [2.24, 2.45) is 0 Å². The number of halogens is 1. The maximum atomic E-state index is 6.25. The smallest absolute Gasteiger partial charge is 0.176 e. The first-order valence-corrected chi connectivity index (χ1v) is 9.14. The summed E-state index contributed by atoms with van der Waals surface area (Å²) < 4.78 is 1.91. The van der Waals surface area contributed by atoms with Gasteiger partial charge in [0.25, 0.3) is 0 Å². The summed E-state index contributed by atoms with van der Waals surface area (Å²) in [6.45, 7) is 6.75. The van der Waals surface area contributed by atoms with Gasteiger partial charge in [0.05, 0.1) is 6.54 Å². The van der Waals surface area contributed by atoms with Crippen LogP contribution in [0, 0.1) is 20.8 Å². The minimum atomic E-state index is 0.513. The molecule has 0 fully saturated rings. The lowest BCUT2D eigenvalue weighted by Gasteiger charge is -2.11. The van der Waals surface area contributed by atoms with Crippen LogP contribution < -0.4 is 10.6 Å². The molecule has 2 aromatic carbocycles. The first-order valence-electron chi connectivity index (χ1n) is 8.35. The number of aromatic nitrogens is 2. The Hall–Kier alpha value is -2.37. The van der Waals surface area contributed by atoms with Crippen LogP contribution in [0.4, 0.5) is 11.5 Å². The highest BCUT2D eigenvalue weighted by molar-refractivity contribution is 7.80. The van der Waals surface area contributed by atoms with Crippen LogP contribution in [0.25, 0.3) is 0 Å². The van der Waals surface area contributed by atoms with E-state index >= 15 is 0 Å². The molecule has 0 atom stereocenters. The van der Waals surface area contributed by atoms with Crippen molar-refractivity contribution < 1.29 is 0 Å². The van der Waals surface area contributed by atoms with Gasteiger partial charge < -0.3 is 10.6 Å². The normalized spacial score (nSPS) is 10.6. The Morgan fingerprint density at radius 3 is 2.58 bits per heavy atom. The molecule has 4 nitrogen and oxygen atoms in total. The number of hydrogen-bond acceptors (Lipinski definition) is 2. The Morgan fingerprint density at radius 2 is 1.85 bits per heavy atom. The fourth-order valence-corrected chi connectivity index (χ4v) is 3.15. The van der Waals surface area contributed by atoms with E-state index in [9.17, 15) is 0 Å². The Kier molecular flexibility index (Phi) is 5.59. The first-order chi connectivity index (χ1) is 12.4. The molecule has 0 bridgehead atoms. The molecule has 3 rings (SSSR count). The number of anilines is 2. The largest absolute Gasteiger partial charge is 0.332 e. The fraction of sp³-hybridized carbons (Fsp3) is 0.200. The van der Waals surface area contributed by atoms with E-state index in [1.54, 1.807) is 0 Å². The maximum absolute atomic E-state index is 6.25. The Morgan fingerprint density at radius 1 is 1.08 bits per heavy atom. The van der Waals surface area contributed by atoms with Crippen molar-refractivity contribution in [2.75, 3.05) is 10.6 Å². The van der Waals surface area contributed by atoms with Crippen LogP contribution in [0.2, 0.25) is 5.02 Å². The first kappa shape index (κ1) is 18.4. The summed E-state index contributed by atoms with van der Waals surface area (Å²) in [5.74, 6) is 0.705. The quantitative estimate of drug-likeness (QED) is 0.597. The zero-order valence-corrected chi connectivity index (χ0v) is 16.6. The number of thiocarbonyl (C=S) groups is 1. The van der Waals surface area contributed by atoms with Crippen molar-refractivity contribution in [3.8, 4) is 0 Å². The van der Waals surface area contributed by atoms with E-state index in [2.05, 4.69) is 41.7 Å². The number of nitrogens with zero attached hydrogens (tertiary/aromatic N) is 2. The van der Waals surface area contributed by atoms with Gasteiger partial charge >= 0.3 is 0 Å². The summed E-state index contributed by atoms with van der Waals surface area (Å²) in [7, 11) is 0. The van der Waals surface area contributed by atoms with Crippen LogP contribution in [0.1, 0.15) is 22.4 Å². The van der Waals surface area contributed by atoms with Gasteiger partial charge in [0, 0.05) is 22.5 Å². The molecule has 0 aliphatic carbocycles. The highest BCUT2D eigenvalue weighted by Gasteiger charge is 2.09. The second-order valence-electron chi connectivity index (χ2n) is 6.32. The molecular formula is C20H21ClN4S. The molecule has 134 valence electrons. The van der Waals surface area contributed by atoms with E-state index in [0.717, 1.165) is 27.5 Å². The molecule has 0 spiro atoms. The molecule has 0 saturated heterocycles. The predicted octanol–water partition coefficient (Wildman–Crippen LogP) is 5.32. The molecule has 26 heavy (non-hydrogen) atoms. The van der Waals surface area contributed by atoms with E-state index in [4.69, 9.17) is 23.8 Å². The minimum absolute atomic E-state index is 0.513. The Labute approximate surface area is 164 Å². The average Bonchev–Trinajstić information content (AvgIpc) is 2.91. The molecule has 0 saturated carbocycles. The number of hydrogen-bond donors (Lipinski definition) is 2. The summed E-state index contributed by atoms with van der Waals surface area (Å²) in [5.41, 5.74) is 5.42. The second kappa shape index (κ2) is 7.89. The van der Waals surface area contributed by atoms with E-state index in [1.165, 1.54) is 5.56 Å². The van der Waals surface area contributed by atoms with Crippen LogP contribution in [-0.2, 0) is 6.54 Å². The summed E-state index contributed by atoms with van der Waals surface area (Å²) >= 11 is 11.7. The van der Waals surface area contributed by atoms with E-state index in [0.29, 0.717) is 17.5 Å². The van der Waals surface area contributed by atoms with Crippen molar-refractivity contribution in [3.63, 3.8) is 0 Å². The van der Waals surface area contributed by atoms with Crippen molar-refractivity contribution in [1.29, 1.82) is 0 Å². The Balaban J connectivity index is 1.69. The van der Waals surface area contributed by atoms with E-state index in [1.807, 2.05) is 48.0 Å². The molecular weight excluding hydrogens is 364 g/mol. The van der Waals surface area contributed by atoms with E-state index in [-0.39, 0.29) is 0 Å². The molecule has 0 amide bonds. The third-order valence-corrected chi connectivity index (χ3v) is 4.70. The highest BCUT2D eigenvalue weighted by atomic mass is 35.5. The third kappa shape index (κ3) is 4.42. The lowest BCUT2D eigenvalue weighted by atomic mass is 10.1. The summed E-state index contributed by atoms with van der Waals surface area (Å²) in [6.07, 6.45) is 0. The van der Waals surface area contributed by atoms with Crippen LogP contribution in [-0.4, -0.2) is 14.9 Å². The summed E-state index contributed by atoms with van der Waals surface area (Å²) in [6, 6.07) is 16.0. The van der Waals surface area contributed by atoms with Gasteiger partial charge in [0.15, 0.2) is 10.9 Å². The van der Waals surface area contributed by atoms with Gasteiger partial charge in [-0.25, -0.2) is 0 Å². The number of aryl methyl sites for hydroxylation is 3. The minimum Gasteiger partial charge on any atom is -0.332 e. The number of benzene rings is 2. The van der Waals surface area contributed by atoms with Crippen molar-refractivity contribution in [2.45, 2.75) is 27.3 Å². The zero-order chi connectivity index (χ0) is 18.7. The SMILES string of the molecule is Cc1ccc(NC(=S)Nc2cc(C)n(Cc3ccccc3Cl)n2)c(C)c1. The summed E-state index contributed by atoms with van der Waals surface area (Å²) in [5, 5.41) is 12.2. The van der Waals surface area contributed by atoms with Gasteiger partial charge in [-0.15, -0.1) is 0 Å². The molecule has 1 aromatic heterocycles. The third-order valence-electron chi connectivity index (χ3n) is 4.13. The van der Waals surface area contributed by atoms with Crippen LogP contribution >= 0.6 is 23.8 Å². The van der Waals surface area contributed by atoms with Crippen LogP contribution in [0.5, 0.6) is 0 Å². The van der Waals surface area contributed by atoms with Crippen molar-refractivity contribution in [1.82, 2.24) is 9.78 Å². The average molecular weight is 385 g/mol. The molecule has 0 aliphatic rings. The lowest BCUT2D eigenvalue weighted by Crippen LogP contribution is -2.20. The number of rotatable bonds is 4. The van der Waals surface area contributed by atoms with Crippen LogP contribution in [0.3, 0.4) is 0 Å². The fourth-order valence-electron chi connectivity index (χ4n) is 2.74. The molecule has 6 heteroatoms. The lowest BCUT2D eigenvalue weighted by molar-refractivity contribution is 0.668. The van der Waals surface area contributed by atoms with Gasteiger partial charge in [-0.05, 0) is 56.2 Å². The highest BCUT2D eigenvalue weighted by Crippen LogP contribution is 2.19. The van der Waals surface area contributed by atoms with Gasteiger partial charge in [-0.2, -0.15) is 5.10 Å². The summed E-state index contributed by atoms with van der Waals surface area (Å²) in [4.78, 5) is 0. The van der Waals surface area contributed by atoms with Gasteiger partial charge in [0.2, 0.25) is 0 Å². The molecule has 2 N–H and O–H groups in total. The standard InChI is InChI=1S/C20H21ClN4S/c1-13-8-9-18(14(2)10-13)22-20(26)23-19-11-15(3)25(24-19)12-16-6-4-5-7-17(16)21/h4-11H,12H2,1-3H3,(H2,22,23,24,26). The second-order valence-corrected chi connectivity index (χ2v) is 7.13. The van der Waals surface area contributed by atoms with Gasteiger partial charge in [-0.3, -0.25) is 4.68 Å². The van der Waals surface area contributed by atoms with Crippen molar-refractivity contribution in [3.05, 3.63) is 75.9 Å². The monoisotopic (exact) mass is 384 g/mol. The topological polar surface area (TPSA) is 41.9 Å². The van der Waals surface area contributed by atoms with Crippen LogP contribution in [0.15, 0.2) is 48.5 Å². The molecule has 1 heterocycles. The van der Waals surface area contributed by atoms with Crippen molar-refractivity contribution >= 4 is 40.4 Å². The van der Waals surface area contributed by atoms with E-state index < -0.39 is 0 Å². The predicted molar refractivity (Wildman–Crippen MR) is 113 cm³/mol.